The monoisotopic (exact) mass is 321 g/mol. The molecule has 0 atom stereocenters. The van der Waals surface area contributed by atoms with Crippen LogP contribution in [-0.4, -0.2) is 21.7 Å². The number of halogens is 1. The molecule has 4 aliphatic rings. The highest BCUT2D eigenvalue weighted by atomic mass is 35.5. The van der Waals surface area contributed by atoms with Gasteiger partial charge >= 0.3 is 0 Å². The SMILES string of the molecule is Cc1c(Cl)cnn1CCC(=O)NC1C2CC3CC(C2)CC1C3. The molecule has 5 heteroatoms. The number of nitrogens with one attached hydrogen (secondary N) is 1. The van der Waals surface area contributed by atoms with Crippen molar-refractivity contribution in [3.63, 3.8) is 0 Å². The third-order valence-electron chi connectivity index (χ3n) is 6.15. The molecule has 5 rings (SSSR count). The Hall–Kier alpha value is -1.03. The Morgan fingerprint density at radius 3 is 2.45 bits per heavy atom. The van der Waals surface area contributed by atoms with Crippen molar-refractivity contribution in [2.24, 2.45) is 23.7 Å². The van der Waals surface area contributed by atoms with Crippen molar-refractivity contribution in [1.29, 1.82) is 0 Å². The summed E-state index contributed by atoms with van der Waals surface area (Å²) in [5.41, 5.74) is 0.934. The van der Waals surface area contributed by atoms with Crippen LogP contribution in [0.4, 0.5) is 0 Å². The second-order valence-electron chi connectivity index (χ2n) is 7.58. The molecule has 1 aromatic rings. The lowest BCUT2D eigenvalue weighted by molar-refractivity contribution is -0.125. The zero-order valence-corrected chi connectivity index (χ0v) is 13.9. The van der Waals surface area contributed by atoms with Gasteiger partial charge in [-0.3, -0.25) is 9.48 Å². The molecular formula is C17H24ClN3O. The van der Waals surface area contributed by atoms with Gasteiger partial charge in [0.2, 0.25) is 5.91 Å². The summed E-state index contributed by atoms with van der Waals surface area (Å²) >= 11 is 6.00. The third-order valence-corrected chi connectivity index (χ3v) is 6.52. The van der Waals surface area contributed by atoms with Gasteiger partial charge in [-0.25, -0.2) is 0 Å². The van der Waals surface area contributed by atoms with Gasteiger partial charge in [0.25, 0.3) is 0 Å². The first-order valence-corrected chi connectivity index (χ1v) is 8.95. The van der Waals surface area contributed by atoms with Crippen LogP contribution in [0.2, 0.25) is 5.02 Å². The molecule has 4 saturated carbocycles. The van der Waals surface area contributed by atoms with Crippen molar-refractivity contribution in [1.82, 2.24) is 15.1 Å². The van der Waals surface area contributed by atoms with Crippen LogP contribution < -0.4 is 5.32 Å². The van der Waals surface area contributed by atoms with Crippen LogP contribution in [0.1, 0.15) is 44.2 Å². The summed E-state index contributed by atoms with van der Waals surface area (Å²) in [6.07, 6.45) is 8.94. The lowest BCUT2D eigenvalue weighted by atomic mass is 9.54. The minimum Gasteiger partial charge on any atom is -0.353 e. The summed E-state index contributed by atoms with van der Waals surface area (Å²) in [6.45, 7) is 2.54. The van der Waals surface area contributed by atoms with Crippen LogP contribution in [-0.2, 0) is 11.3 Å². The van der Waals surface area contributed by atoms with E-state index >= 15 is 0 Å². The zero-order valence-electron chi connectivity index (χ0n) is 13.1. The first-order chi connectivity index (χ1) is 10.6. The summed E-state index contributed by atoms with van der Waals surface area (Å²) in [7, 11) is 0. The fourth-order valence-corrected chi connectivity index (χ4v) is 5.42. The van der Waals surface area contributed by atoms with Gasteiger partial charge in [0.15, 0.2) is 0 Å². The number of rotatable bonds is 4. The molecular weight excluding hydrogens is 298 g/mol. The Labute approximate surface area is 136 Å². The molecule has 1 amide bonds. The lowest BCUT2D eigenvalue weighted by Gasteiger charge is -2.54. The Morgan fingerprint density at radius 2 is 1.91 bits per heavy atom. The minimum absolute atomic E-state index is 0.170. The van der Waals surface area contributed by atoms with Gasteiger partial charge in [0, 0.05) is 12.5 Å². The van der Waals surface area contributed by atoms with Crippen molar-refractivity contribution in [2.45, 2.75) is 58.0 Å². The van der Waals surface area contributed by atoms with Gasteiger partial charge in [0.1, 0.15) is 0 Å². The molecule has 0 aliphatic heterocycles. The molecule has 1 heterocycles. The Kier molecular flexibility index (Phi) is 3.67. The number of carbonyl (C=O) groups is 1. The number of amides is 1. The Morgan fingerprint density at radius 1 is 1.27 bits per heavy atom. The van der Waals surface area contributed by atoms with Crippen molar-refractivity contribution >= 4 is 17.5 Å². The van der Waals surface area contributed by atoms with Crippen LogP contribution in [0.25, 0.3) is 0 Å². The van der Waals surface area contributed by atoms with Crippen LogP contribution in [0, 0.1) is 30.6 Å². The van der Waals surface area contributed by atoms with Gasteiger partial charge in [-0.05, 0) is 62.7 Å². The van der Waals surface area contributed by atoms with E-state index in [2.05, 4.69) is 10.4 Å². The quantitative estimate of drug-likeness (QED) is 0.926. The second-order valence-corrected chi connectivity index (χ2v) is 7.98. The maximum absolute atomic E-state index is 12.3. The van der Waals surface area contributed by atoms with E-state index in [9.17, 15) is 4.79 Å². The molecule has 0 saturated heterocycles. The highest BCUT2D eigenvalue weighted by Gasteiger charge is 2.48. The number of hydrogen-bond donors (Lipinski definition) is 1. The summed E-state index contributed by atoms with van der Waals surface area (Å²) in [4.78, 5) is 12.3. The molecule has 4 nitrogen and oxygen atoms in total. The number of hydrogen-bond acceptors (Lipinski definition) is 2. The van der Waals surface area contributed by atoms with Crippen LogP contribution in [0.15, 0.2) is 6.20 Å². The molecule has 0 spiro atoms. The number of aryl methyl sites for hydroxylation is 1. The molecule has 4 aliphatic carbocycles. The van der Waals surface area contributed by atoms with Crippen molar-refractivity contribution in [3.05, 3.63) is 16.9 Å². The van der Waals surface area contributed by atoms with Gasteiger partial charge < -0.3 is 5.32 Å². The van der Waals surface area contributed by atoms with E-state index in [1.165, 1.54) is 32.1 Å². The topological polar surface area (TPSA) is 46.9 Å². The molecule has 4 fully saturated rings. The molecule has 1 aromatic heterocycles. The molecule has 1 N–H and O–H groups in total. The van der Waals surface area contributed by atoms with E-state index in [4.69, 9.17) is 11.6 Å². The van der Waals surface area contributed by atoms with Gasteiger partial charge in [-0.15, -0.1) is 0 Å². The highest BCUT2D eigenvalue weighted by Crippen LogP contribution is 2.53. The predicted molar refractivity (Wildman–Crippen MR) is 85.6 cm³/mol. The Bertz CT molecular complexity index is 554. The minimum atomic E-state index is 0.170. The van der Waals surface area contributed by atoms with Crippen LogP contribution in [0.3, 0.4) is 0 Å². The van der Waals surface area contributed by atoms with Crippen LogP contribution in [0.5, 0.6) is 0 Å². The summed E-state index contributed by atoms with van der Waals surface area (Å²) in [5, 5.41) is 8.23. The van der Waals surface area contributed by atoms with Gasteiger partial charge in [-0.2, -0.15) is 5.10 Å². The summed E-state index contributed by atoms with van der Waals surface area (Å²) < 4.78 is 1.82. The molecule has 4 bridgehead atoms. The smallest absolute Gasteiger partial charge is 0.222 e. The number of carbonyl (C=O) groups excluding carboxylic acids is 1. The van der Waals surface area contributed by atoms with E-state index in [-0.39, 0.29) is 5.91 Å². The van der Waals surface area contributed by atoms with E-state index in [1.54, 1.807) is 6.20 Å². The average Bonchev–Trinajstić information content (AvgIpc) is 2.80. The van der Waals surface area contributed by atoms with E-state index in [1.807, 2.05) is 11.6 Å². The predicted octanol–water partition coefficient (Wildman–Crippen LogP) is 3.18. The van der Waals surface area contributed by atoms with Crippen molar-refractivity contribution in [2.75, 3.05) is 0 Å². The average molecular weight is 322 g/mol. The van der Waals surface area contributed by atoms with Crippen LogP contribution >= 0.6 is 11.6 Å². The van der Waals surface area contributed by atoms with Crippen molar-refractivity contribution in [3.8, 4) is 0 Å². The number of nitrogens with zero attached hydrogens (tertiary/aromatic N) is 2. The van der Waals surface area contributed by atoms with Gasteiger partial charge in [0.05, 0.1) is 23.5 Å². The lowest BCUT2D eigenvalue weighted by Crippen LogP contribution is -2.55. The molecule has 0 radical (unpaired) electrons. The van der Waals surface area contributed by atoms with E-state index in [0.29, 0.717) is 24.0 Å². The summed E-state index contributed by atoms with van der Waals surface area (Å²) in [5.74, 6) is 3.54. The van der Waals surface area contributed by atoms with Gasteiger partial charge in [-0.1, -0.05) is 11.6 Å². The van der Waals surface area contributed by atoms with E-state index < -0.39 is 0 Å². The molecule has 0 aromatic carbocycles. The highest BCUT2D eigenvalue weighted by molar-refractivity contribution is 6.31. The maximum Gasteiger partial charge on any atom is 0.222 e. The largest absolute Gasteiger partial charge is 0.353 e. The fraction of sp³-hybridized carbons (Fsp3) is 0.765. The van der Waals surface area contributed by atoms with Crippen molar-refractivity contribution < 1.29 is 4.79 Å². The molecule has 120 valence electrons. The fourth-order valence-electron chi connectivity index (χ4n) is 5.28. The standard InChI is InChI=1S/C17H24ClN3O/c1-10-15(18)9-19-21(10)3-2-16(22)20-17-13-5-11-4-12(7-13)8-14(17)6-11/h9,11-14,17H,2-8H2,1H3,(H,20,22). The Balaban J connectivity index is 1.33. The normalized spacial score (nSPS) is 35.8. The second kappa shape index (κ2) is 5.55. The molecule has 22 heavy (non-hydrogen) atoms. The van der Waals surface area contributed by atoms with E-state index in [0.717, 1.165) is 29.4 Å². The summed E-state index contributed by atoms with van der Waals surface area (Å²) in [6, 6.07) is 0.433. The molecule has 0 unspecified atom stereocenters. The number of aromatic nitrogens is 2. The zero-order chi connectivity index (χ0) is 15.3. The first kappa shape index (κ1) is 14.6. The maximum atomic E-state index is 12.3. The third kappa shape index (κ3) is 2.55. The first-order valence-electron chi connectivity index (χ1n) is 8.57.